The van der Waals surface area contributed by atoms with Crippen molar-refractivity contribution in [2.45, 2.75) is 12.8 Å². The Hall–Kier alpha value is -3.74. The third kappa shape index (κ3) is 6.04. The number of carbonyl (C=O) groups excluding carboxylic acids is 1. The molecule has 0 aliphatic rings. The molecule has 4 rings (SSSR count). The van der Waals surface area contributed by atoms with Gasteiger partial charge in [-0.3, -0.25) is 15.6 Å². The number of rotatable bonds is 7. The van der Waals surface area contributed by atoms with Crippen molar-refractivity contribution in [3.63, 3.8) is 0 Å². The largest absolute Gasteiger partial charge is 0.393 e. The van der Waals surface area contributed by atoms with Crippen molar-refractivity contribution in [3.8, 4) is 6.07 Å². The Morgan fingerprint density at radius 2 is 1.63 bits per heavy atom. The molecule has 1 unspecified atom stereocenters. The van der Waals surface area contributed by atoms with Gasteiger partial charge in [-0.05, 0) is 60.0 Å². The number of hydrogen-bond acceptors (Lipinski definition) is 7. The van der Waals surface area contributed by atoms with Gasteiger partial charge in [-0.2, -0.15) is 5.26 Å². The lowest BCUT2D eigenvalue weighted by Gasteiger charge is -2.17. The average Bonchev–Trinajstić information content (AvgIpc) is 2.88. The van der Waals surface area contributed by atoms with Crippen LogP contribution in [-0.2, 0) is 0 Å². The van der Waals surface area contributed by atoms with Gasteiger partial charge in [0.05, 0.1) is 22.6 Å². The van der Waals surface area contributed by atoms with E-state index in [2.05, 4.69) is 32.2 Å². The second kappa shape index (κ2) is 11.8. The van der Waals surface area contributed by atoms with Crippen LogP contribution in [0.25, 0.3) is 0 Å². The third-order valence-electron chi connectivity index (χ3n) is 5.59. The van der Waals surface area contributed by atoms with Crippen LogP contribution in [0.4, 0.5) is 23.0 Å². The second-order valence-corrected chi connectivity index (χ2v) is 9.80. The highest BCUT2D eigenvalue weighted by atomic mass is 35.5. The minimum absolute atomic E-state index is 0.144. The third-order valence-corrected chi connectivity index (χ3v) is 6.72. The van der Waals surface area contributed by atoms with Gasteiger partial charge in [-0.25, -0.2) is 9.97 Å². The maximum Gasteiger partial charge on any atom is 0.271 e. The SMILES string of the molecule is Cc1cc(C(C#N)c2ccc(Cl)cc2)c(Cl)cc1Nc1ncnc(NNC(=O)c2ccc(Cl)cc2Cl)c1N. The smallest absolute Gasteiger partial charge is 0.271 e. The molecule has 0 saturated carbocycles. The summed E-state index contributed by atoms with van der Waals surface area (Å²) in [5.74, 6) is -0.647. The fraction of sp³-hybridized carbons (Fsp3) is 0.0769. The van der Waals surface area contributed by atoms with Crippen molar-refractivity contribution >= 4 is 75.3 Å². The number of halogens is 4. The Kier molecular flexibility index (Phi) is 8.45. The van der Waals surface area contributed by atoms with Gasteiger partial charge in [0.1, 0.15) is 12.0 Å². The van der Waals surface area contributed by atoms with E-state index in [-0.39, 0.29) is 27.9 Å². The van der Waals surface area contributed by atoms with E-state index in [1.165, 1.54) is 18.5 Å². The summed E-state index contributed by atoms with van der Waals surface area (Å²) in [5.41, 5.74) is 14.6. The summed E-state index contributed by atoms with van der Waals surface area (Å²) < 4.78 is 0. The molecular weight excluding hydrogens is 568 g/mol. The van der Waals surface area contributed by atoms with Crippen molar-refractivity contribution in [2.75, 3.05) is 16.5 Å². The molecule has 0 saturated heterocycles. The molecular formula is C26H19Cl4N7O. The van der Waals surface area contributed by atoms with Crippen molar-refractivity contribution in [3.05, 3.63) is 103 Å². The number of nitriles is 1. The second-order valence-electron chi connectivity index (χ2n) is 8.12. The topological polar surface area (TPSA) is 129 Å². The van der Waals surface area contributed by atoms with Crippen LogP contribution < -0.4 is 21.9 Å². The number of amides is 1. The van der Waals surface area contributed by atoms with Crippen LogP contribution in [0.2, 0.25) is 20.1 Å². The van der Waals surface area contributed by atoms with E-state index < -0.39 is 11.8 Å². The molecule has 3 aromatic carbocycles. The van der Waals surface area contributed by atoms with Crippen LogP contribution in [0.3, 0.4) is 0 Å². The quantitative estimate of drug-likeness (QED) is 0.169. The first-order chi connectivity index (χ1) is 18.2. The Bertz CT molecular complexity index is 1550. The lowest BCUT2D eigenvalue weighted by Crippen LogP contribution is -2.30. The molecule has 0 spiro atoms. The minimum atomic E-state index is -0.579. The number of hydrazine groups is 1. The van der Waals surface area contributed by atoms with Gasteiger partial charge in [0.15, 0.2) is 11.6 Å². The van der Waals surface area contributed by atoms with Crippen LogP contribution in [-0.4, -0.2) is 15.9 Å². The molecule has 1 aromatic heterocycles. The molecule has 8 nitrogen and oxygen atoms in total. The zero-order valence-corrected chi connectivity index (χ0v) is 22.7. The molecule has 0 radical (unpaired) electrons. The van der Waals surface area contributed by atoms with E-state index >= 15 is 0 Å². The fourth-order valence-corrected chi connectivity index (χ4v) is 4.51. The Labute approximate surface area is 238 Å². The number of nitrogens with zero attached hydrogens (tertiary/aromatic N) is 3. The molecule has 4 aromatic rings. The first-order valence-corrected chi connectivity index (χ1v) is 12.5. The van der Waals surface area contributed by atoms with E-state index in [4.69, 9.17) is 52.1 Å². The maximum atomic E-state index is 12.5. The Morgan fingerprint density at radius 1 is 0.947 bits per heavy atom. The first-order valence-electron chi connectivity index (χ1n) is 11.0. The van der Waals surface area contributed by atoms with Crippen LogP contribution in [0.15, 0.2) is 60.9 Å². The number of nitrogen functional groups attached to an aromatic ring is 1. The van der Waals surface area contributed by atoms with Gasteiger partial charge in [0, 0.05) is 20.8 Å². The van der Waals surface area contributed by atoms with Crippen LogP contribution in [0.1, 0.15) is 33.0 Å². The number of aryl methyl sites for hydroxylation is 1. The zero-order chi connectivity index (χ0) is 27.4. The van der Waals surface area contributed by atoms with Crippen LogP contribution in [0.5, 0.6) is 0 Å². The van der Waals surface area contributed by atoms with Crippen LogP contribution in [0, 0.1) is 18.3 Å². The molecule has 192 valence electrons. The standard InChI is InChI=1S/C26H19Cl4N7O/c1-13-8-18(19(11-31)14-2-4-15(27)5-3-14)21(30)10-22(13)35-24-23(32)25(34-12-33-24)36-37-26(38)17-7-6-16(28)9-20(17)29/h2-10,12,19H,32H2,1H3,(H,37,38)(H2,33,34,35,36). The highest BCUT2D eigenvalue weighted by Gasteiger charge is 2.19. The van der Waals surface area contributed by atoms with E-state index in [0.29, 0.717) is 26.3 Å². The highest BCUT2D eigenvalue weighted by molar-refractivity contribution is 6.36. The molecule has 5 N–H and O–H groups in total. The maximum absolute atomic E-state index is 12.5. The lowest BCUT2D eigenvalue weighted by molar-refractivity contribution is 0.0962. The molecule has 0 aliphatic heterocycles. The number of benzene rings is 3. The van der Waals surface area contributed by atoms with E-state index in [1.54, 1.807) is 36.4 Å². The summed E-state index contributed by atoms with van der Waals surface area (Å²) in [7, 11) is 0. The minimum Gasteiger partial charge on any atom is -0.393 e. The molecule has 1 atom stereocenters. The number of carbonyl (C=O) groups is 1. The van der Waals surface area contributed by atoms with Gasteiger partial charge in [-0.15, -0.1) is 0 Å². The van der Waals surface area contributed by atoms with Gasteiger partial charge in [-0.1, -0.05) is 64.6 Å². The highest BCUT2D eigenvalue weighted by Crippen LogP contribution is 2.36. The summed E-state index contributed by atoms with van der Waals surface area (Å²) in [4.78, 5) is 20.8. The summed E-state index contributed by atoms with van der Waals surface area (Å²) in [6, 6.07) is 17.4. The van der Waals surface area contributed by atoms with Crippen molar-refractivity contribution < 1.29 is 4.79 Å². The van der Waals surface area contributed by atoms with Crippen molar-refractivity contribution in [2.24, 2.45) is 0 Å². The molecule has 0 aliphatic carbocycles. The molecule has 0 fully saturated rings. The molecule has 38 heavy (non-hydrogen) atoms. The summed E-state index contributed by atoms with van der Waals surface area (Å²) in [6.07, 6.45) is 1.28. The summed E-state index contributed by atoms with van der Waals surface area (Å²) in [5, 5.41) is 14.5. The molecule has 1 amide bonds. The predicted octanol–water partition coefficient (Wildman–Crippen LogP) is 7.14. The molecule has 1 heterocycles. The Morgan fingerprint density at radius 3 is 2.32 bits per heavy atom. The average molecular weight is 587 g/mol. The number of hydrogen-bond donors (Lipinski definition) is 4. The van der Waals surface area contributed by atoms with E-state index in [0.717, 1.165) is 11.1 Å². The number of aromatic nitrogens is 2. The lowest BCUT2D eigenvalue weighted by atomic mass is 9.91. The zero-order valence-electron chi connectivity index (χ0n) is 19.7. The summed E-state index contributed by atoms with van der Waals surface area (Å²) in [6.45, 7) is 1.87. The van der Waals surface area contributed by atoms with Gasteiger partial charge in [0.25, 0.3) is 5.91 Å². The Balaban J connectivity index is 1.53. The van der Waals surface area contributed by atoms with Crippen molar-refractivity contribution in [1.82, 2.24) is 15.4 Å². The van der Waals surface area contributed by atoms with E-state index in [9.17, 15) is 10.1 Å². The predicted molar refractivity (Wildman–Crippen MR) is 152 cm³/mol. The van der Waals surface area contributed by atoms with Crippen LogP contribution >= 0.6 is 46.4 Å². The van der Waals surface area contributed by atoms with Crippen molar-refractivity contribution in [1.29, 1.82) is 5.26 Å². The number of nitrogens with two attached hydrogens (primary N) is 1. The normalized spacial score (nSPS) is 11.4. The molecule has 0 bridgehead atoms. The first kappa shape index (κ1) is 27.3. The number of anilines is 4. The van der Waals surface area contributed by atoms with Gasteiger partial charge >= 0.3 is 0 Å². The number of nitrogens with one attached hydrogen (secondary N) is 3. The summed E-state index contributed by atoms with van der Waals surface area (Å²) >= 11 is 24.6. The van der Waals surface area contributed by atoms with Gasteiger partial charge < -0.3 is 11.1 Å². The fourth-order valence-electron chi connectivity index (χ4n) is 3.62. The molecule has 12 heteroatoms. The monoisotopic (exact) mass is 585 g/mol. The van der Waals surface area contributed by atoms with E-state index in [1.807, 2.05) is 13.0 Å². The van der Waals surface area contributed by atoms with Gasteiger partial charge in [0.2, 0.25) is 0 Å².